The minimum atomic E-state index is -4.45. The minimum absolute atomic E-state index is 0.266. The van der Waals surface area contributed by atoms with Crippen molar-refractivity contribution in [2.24, 2.45) is 0 Å². The van der Waals surface area contributed by atoms with Gasteiger partial charge in [0.05, 0.1) is 11.1 Å². The topological polar surface area (TPSA) is 32.3 Å². The van der Waals surface area contributed by atoms with Gasteiger partial charge in [-0.25, -0.2) is 0 Å². The van der Waals surface area contributed by atoms with E-state index in [1.807, 2.05) is 6.07 Å². The van der Waals surface area contributed by atoms with E-state index in [2.05, 4.69) is 5.32 Å². The number of benzene rings is 3. The van der Waals surface area contributed by atoms with Gasteiger partial charge in [-0.15, -0.1) is 0 Å². The quantitative estimate of drug-likeness (QED) is 0.650. The fourth-order valence-corrected chi connectivity index (χ4v) is 3.23. The van der Waals surface area contributed by atoms with Crippen LogP contribution in [0, 0.1) is 0 Å². The van der Waals surface area contributed by atoms with Crippen LogP contribution in [0.5, 0.6) is 0 Å². The average molecular weight is 368 g/mol. The van der Waals surface area contributed by atoms with Crippen LogP contribution in [0.2, 0.25) is 0 Å². The first-order valence-corrected chi connectivity index (χ1v) is 8.36. The van der Waals surface area contributed by atoms with E-state index in [1.165, 1.54) is 11.0 Å². The lowest BCUT2D eigenvalue weighted by molar-refractivity contribution is -0.137. The second-order valence-electron chi connectivity index (χ2n) is 6.23. The smallest absolute Gasteiger partial charge is 0.360 e. The van der Waals surface area contributed by atoms with E-state index in [9.17, 15) is 18.0 Å². The van der Waals surface area contributed by atoms with E-state index in [1.54, 1.807) is 54.6 Å². The Morgan fingerprint density at radius 3 is 2.30 bits per heavy atom. The fourth-order valence-electron chi connectivity index (χ4n) is 3.23. The number of rotatable bonds is 2. The highest BCUT2D eigenvalue weighted by molar-refractivity contribution is 6.12. The van der Waals surface area contributed by atoms with E-state index < -0.39 is 17.9 Å². The number of halogens is 3. The normalized spacial score (nSPS) is 16.6. The van der Waals surface area contributed by atoms with Crippen molar-refractivity contribution < 1.29 is 18.0 Å². The number of amides is 1. The molecule has 3 aromatic rings. The van der Waals surface area contributed by atoms with E-state index in [-0.39, 0.29) is 5.91 Å². The summed E-state index contributed by atoms with van der Waals surface area (Å²) in [6.07, 6.45) is -5.21. The minimum Gasteiger partial charge on any atom is -0.360 e. The third-order valence-corrected chi connectivity index (χ3v) is 4.49. The summed E-state index contributed by atoms with van der Waals surface area (Å²) in [6.45, 7) is 0. The lowest BCUT2D eigenvalue weighted by Gasteiger charge is -2.38. The van der Waals surface area contributed by atoms with Gasteiger partial charge in [0.1, 0.15) is 6.17 Å². The van der Waals surface area contributed by atoms with E-state index in [4.69, 9.17) is 0 Å². The van der Waals surface area contributed by atoms with Crippen LogP contribution < -0.4 is 10.2 Å². The first-order chi connectivity index (χ1) is 12.9. The van der Waals surface area contributed by atoms with Crippen LogP contribution in [0.1, 0.15) is 27.7 Å². The molecule has 0 bridgehead atoms. The van der Waals surface area contributed by atoms with Gasteiger partial charge in [-0.3, -0.25) is 9.69 Å². The van der Waals surface area contributed by atoms with Crippen LogP contribution in [-0.4, -0.2) is 5.91 Å². The van der Waals surface area contributed by atoms with Gasteiger partial charge >= 0.3 is 6.18 Å². The van der Waals surface area contributed by atoms with E-state index in [0.717, 1.165) is 12.1 Å². The molecule has 0 aliphatic carbocycles. The number of carbonyl (C=O) groups is 1. The van der Waals surface area contributed by atoms with Gasteiger partial charge in [0, 0.05) is 11.4 Å². The maximum atomic E-state index is 13.2. The van der Waals surface area contributed by atoms with Crippen molar-refractivity contribution in [3.63, 3.8) is 0 Å². The number of hydrogen-bond donors (Lipinski definition) is 1. The molecule has 0 aromatic heterocycles. The molecule has 1 unspecified atom stereocenters. The highest BCUT2D eigenvalue weighted by atomic mass is 19.4. The molecule has 0 radical (unpaired) electrons. The molecule has 1 amide bonds. The number of nitrogens with zero attached hydrogens (tertiary/aromatic N) is 1. The highest BCUT2D eigenvalue weighted by Crippen LogP contribution is 2.38. The molecule has 0 spiro atoms. The van der Waals surface area contributed by atoms with Crippen LogP contribution in [0.3, 0.4) is 0 Å². The number of alkyl halides is 3. The molecule has 3 aromatic carbocycles. The van der Waals surface area contributed by atoms with Crippen LogP contribution in [-0.2, 0) is 6.18 Å². The average Bonchev–Trinajstić information content (AvgIpc) is 2.68. The third kappa shape index (κ3) is 3.14. The molecule has 136 valence electrons. The third-order valence-electron chi connectivity index (χ3n) is 4.49. The van der Waals surface area contributed by atoms with Crippen molar-refractivity contribution in [1.82, 2.24) is 0 Å². The van der Waals surface area contributed by atoms with Crippen molar-refractivity contribution in [3.8, 4) is 0 Å². The van der Waals surface area contributed by atoms with Crippen LogP contribution in [0.4, 0.5) is 24.5 Å². The molecule has 27 heavy (non-hydrogen) atoms. The van der Waals surface area contributed by atoms with Crippen molar-refractivity contribution in [2.75, 3.05) is 10.2 Å². The Balaban J connectivity index is 1.86. The fraction of sp³-hybridized carbons (Fsp3) is 0.0952. The predicted octanol–water partition coefficient (Wildman–Crippen LogP) is 5.48. The van der Waals surface area contributed by atoms with Gasteiger partial charge < -0.3 is 5.32 Å². The maximum Gasteiger partial charge on any atom is 0.416 e. The van der Waals surface area contributed by atoms with Crippen LogP contribution in [0.15, 0.2) is 78.9 Å². The largest absolute Gasteiger partial charge is 0.416 e. The zero-order chi connectivity index (χ0) is 19.0. The Hall–Kier alpha value is -3.28. The van der Waals surface area contributed by atoms with Crippen molar-refractivity contribution in [2.45, 2.75) is 12.3 Å². The molecule has 3 nitrogen and oxygen atoms in total. The lowest BCUT2D eigenvalue weighted by atomic mass is 10.0. The number of carbonyl (C=O) groups excluding carboxylic acids is 1. The number of para-hydroxylation sites is 2. The Morgan fingerprint density at radius 1 is 0.852 bits per heavy atom. The van der Waals surface area contributed by atoms with Crippen molar-refractivity contribution in [1.29, 1.82) is 0 Å². The molecular formula is C21H15F3N2O. The molecule has 1 aliphatic heterocycles. The monoisotopic (exact) mass is 368 g/mol. The van der Waals surface area contributed by atoms with Crippen molar-refractivity contribution >= 4 is 17.3 Å². The summed E-state index contributed by atoms with van der Waals surface area (Å²) in [5, 5.41) is 3.21. The van der Waals surface area contributed by atoms with Gasteiger partial charge in [0.25, 0.3) is 5.91 Å². The Bertz CT molecular complexity index is 986. The van der Waals surface area contributed by atoms with E-state index >= 15 is 0 Å². The van der Waals surface area contributed by atoms with Gasteiger partial charge in [-0.2, -0.15) is 13.2 Å². The second-order valence-corrected chi connectivity index (χ2v) is 6.23. The second kappa shape index (κ2) is 6.46. The zero-order valence-corrected chi connectivity index (χ0v) is 14.1. The summed E-state index contributed by atoms with van der Waals surface area (Å²) in [7, 11) is 0. The SMILES string of the molecule is O=C1c2ccccc2NC(c2cccc(C(F)(F)F)c2)N1c1ccccc1. The van der Waals surface area contributed by atoms with Gasteiger partial charge in [0.2, 0.25) is 0 Å². The number of anilines is 2. The Labute approximate surface area is 154 Å². The standard InChI is InChI=1S/C21H15F3N2O/c22-21(23,24)15-8-6-7-14(13-15)19-25-18-12-5-4-11-17(18)20(27)26(19)16-9-2-1-3-10-16/h1-13,19,25H. The molecule has 1 atom stereocenters. The summed E-state index contributed by atoms with van der Waals surface area (Å²) in [5.41, 5.74) is 1.28. The number of hydrogen-bond acceptors (Lipinski definition) is 2. The Morgan fingerprint density at radius 2 is 1.56 bits per heavy atom. The van der Waals surface area contributed by atoms with Gasteiger partial charge in [0.15, 0.2) is 0 Å². The van der Waals surface area contributed by atoms with Crippen LogP contribution >= 0.6 is 0 Å². The van der Waals surface area contributed by atoms with Gasteiger partial charge in [-0.05, 0) is 42.0 Å². The molecule has 0 saturated heterocycles. The molecule has 0 saturated carbocycles. The number of fused-ring (bicyclic) bond motifs is 1. The summed E-state index contributed by atoms with van der Waals surface area (Å²) in [6, 6.07) is 20.9. The highest BCUT2D eigenvalue weighted by Gasteiger charge is 2.36. The molecule has 0 fully saturated rings. The molecule has 6 heteroatoms. The predicted molar refractivity (Wildman–Crippen MR) is 97.5 cm³/mol. The van der Waals surface area contributed by atoms with Gasteiger partial charge in [-0.1, -0.05) is 42.5 Å². The summed E-state index contributed by atoms with van der Waals surface area (Å²) in [5.74, 6) is -0.266. The molecule has 4 rings (SSSR count). The first kappa shape index (κ1) is 17.1. The molecule has 1 N–H and O–H groups in total. The van der Waals surface area contributed by atoms with Crippen molar-refractivity contribution in [3.05, 3.63) is 95.6 Å². The van der Waals surface area contributed by atoms with E-state index in [0.29, 0.717) is 22.5 Å². The molecule has 1 aliphatic rings. The number of nitrogens with one attached hydrogen (secondary N) is 1. The lowest BCUT2D eigenvalue weighted by Crippen LogP contribution is -2.43. The van der Waals surface area contributed by atoms with Crippen LogP contribution in [0.25, 0.3) is 0 Å². The summed E-state index contributed by atoms with van der Waals surface area (Å²) < 4.78 is 39.5. The first-order valence-electron chi connectivity index (χ1n) is 8.36. The maximum absolute atomic E-state index is 13.2. The summed E-state index contributed by atoms with van der Waals surface area (Å²) in [4.78, 5) is 14.6. The summed E-state index contributed by atoms with van der Waals surface area (Å²) >= 11 is 0. The molecule has 1 heterocycles. The Kier molecular flexibility index (Phi) is 4.11. The zero-order valence-electron chi connectivity index (χ0n) is 14.1. The molecular weight excluding hydrogens is 353 g/mol.